The van der Waals surface area contributed by atoms with E-state index in [1.807, 2.05) is 0 Å². The second kappa shape index (κ2) is 11.4. The number of nitrogens with two attached hydrogens (primary N) is 2. The quantitative estimate of drug-likeness (QED) is 0.241. The van der Waals surface area contributed by atoms with Gasteiger partial charge < -0.3 is 37.0 Å². The fourth-order valence-electron chi connectivity index (χ4n) is 3.27. The van der Waals surface area contributed by atoms with Crippen LogP contribution >= 0.6 is 24.8 Å². The van der Waals surface area contributed by atoms with Crippen LogP contribution in [-0.4, -0.2) is 63.0 Å². The van der Waals surface area contributed by atoms with Crippen molar-refractivity contribution in [2.45, 2.75) is 63.0 Å². The maximum Gasteiger partial charge on any atom is 0.451 e. The van der Waals surface area contributed by atoms with Gasteiger partial charge in [0.05, 0.1) is 5.60 Å². The van der Waals surface area contributed by atoms with E-state index >= 15 is 0 Å². The van der Waals surface area contributed by atoms with Crippen LogP contribution in [0.3, 0.4) is 0 Å². The Balaban J connectivity index is 0. The van der Waals surface area contributed by atoms with Crippen molar-refractivity contribution in [3.8, 4) is 0 Å². The van der Waals surface area contributed by atoms with E-state index in [0.29, 0.717) is 19.3 Å². The minimum Gasteiger partial charge on any atom is -0.480 e. The van der Waals surface area contributed by atoms with Gasteiger partial charge in [0, 0.05) is 12.5 Å². The average molecular weight is 432 g/mol. The Morgan fingerprint density at radius 1 is 1.30 bits per heavy atom. The van der Waals surface area contributed by atoms with Crippen LogP contribution < -0.4 is 16.8 Å². The lowest BCUT2D eigenvalue weighted by molar-refractivity contribution is -0.148. The molecule has 160 valence electrons. The molecule has 1 amide bonds. The largest absolute Gasteiger partial charge is 0.480 e. The lowest BCUT2D eigenvalue weighted by atomic mass is 9.66. The van der Waals surface area contributed by atoms with Crippen molar-refractivity contribution in [1.82, 2.24) is 5.32 Å². The summed E-state index contributed by atoms with van der Waals surface area (Å²) in [5.74, 6) is -2.20. The van der Waals surface area contributed by atoms with Crippen molar-refractivity contribution in [3.63, 3.8) is 0 Å². The summed E-state index contributed by atoms with van der Waals surface area (Å²) in [6.07, 6.45) is 2.03. The van der Waals surface area contributed by atoms with E-state index in [0.717, 1.165) is 0 Å². The zero-order valence-electron chi connectivity index (χ0n) is 15.6. The van der Waals surface area contributed by atoms with Gasteiger partial charge in [-0.3, -0.25) is 9.59 Å². The molecule has 1 rings (SSSR count). The zero-order chi connectivity index (χ0) is 19.4. The number of carbonyl (C=O) groups is 2. The zero-order valence-corrected chi connectivity index (χ0v) is 17.3. The molecule has 9 N–H and O–H groups in total. The first-order valence-corrected chi connectivity index (χ1v) is 8.52. The molecule has 12 heteroatoms. The maximum atomic E-state index is 12.0. The van der Waals surface area contributed by atoms with E-state index in [4.69, 9.17) is 21.5 Å². The molecule has 1 aliphatic rings. The number of carbonyl (C=O) groups excluding carboxylic acids is 1. The van der Waals surface area contributed by atoms with Crippen molar-refractivity contribution in [2.24, 2.45) is 23.3 Å². The van der Waals surface area contributed by atoms with Gasteiger partial charge in [0.1, 0.15) is 11.6 Å². The summed E-state index contributed by atoms with van der Waals surface area (Å²) in [5, 5.41) is 39.9. The number of aliphatic carboxylic acids is 1. The van der Waals surface area contributed by atoms with Crippen molar-refractivity contribution in [1.29, 1.82) is 0 Å². The predicted molar refractivity (Wildman–Crippen MR) is 107 cm³/mol. The molecule has 0 unspecified atom stereocenters. The van der Waals surface area contributed by atoms with Crippen LogP contribution in [0.2, 0.25) is 6.32 Å². The monoisotopic (exact) mass is 431 g/mol. The lowest BCUT2D eigenvalue weighted by Gasteiger charge is -2.41. The molecule has 1 aliphatic carbocycles. The van der Waals surface area contributed by atoms with Gasteiger partial charge in [-0.05, 0) is 45.3 Å². The first-order valence-electron chi connectivity index (χ1n) is 8.52. The van der Waals surface area contributed by atoms with Crippen molar-refractivity contribution >= 4 is 43.8 Å². The van der Waals surface area contributed by atoms with E-state index in [1.54, 1.807) is 0 Å². The smallest absolute Gasteiger partial charge is 0.451 e. The van der Waals surface area contributed by atoms with Gasteiger partial charge in [-0.25, -0.2) is 0 Å². The molecule has 0 aliphatic heterocycles. The minimum atomic E-state index is -1.50. The SMILES string of the molecule is CC(C)(O)[C@H](N)C(=O)NC[C@@H]1CC[C@@H](CCB(O)O)C[C@]1(N)C(=O)O.Cl.Cl. The molecule has 0 aromatic carbocycles. The third-order valence-corrected chi connectivity index (χ3v) is 5.08. The summed E-state index contributed by atoms with van der Waals surface area (Å²) in [6.45, 7) is 2.89. The Hall–Kier alpha value is -0.615. The summed E-state index contributed by atoms with van der Waals surface area (Å²) in [7, 11) is -1.42. The second-order valence-corrected chi connectivity index (χ2v) is 7.62. The van der Waals surface area contributed by atoms with Crippen LogP contribution in [0.15, 0.2) is 0 Å². The van der Waals surface area contributed by atoms with Crippen LogP contribution in [-0.2, 0) is 9.59 Å². The van der Waals surface area contributed by atoms with E-state index in [2.05, 4.69) is 5.32 Å². The molecule has 4 atom stereocenters. The Morgan fingerprint density at radius 2 is 1.85 bits per heavy atom. The van der Waals surface area contributed by atoms with Gasteiger partial charge in [-0.2, -0.15) is 0 Å². The van der Waals surface area contributed by atoms with Crippen molar-refractivity contribution in [3.05, 3.63) is 0 Å². The Morgan fingerprint density at radius 3 is 2.30 bits per heavy atom. The third-order valence-electron chi connectivity index (χ3n) is 5.08. The number of amides is 1. The van der Waals surface area contributed by atoms with Crippen LogP contribution in [0, 0.1) is 11.8 Å². The summed E-state index contributed by atoms with van der Waals surface area (Å²) in [5.41, 5.74) is 8.91. The molecule has 0 heterocycles. The summed E-state index contributed by atoms with van der Waals surface area (Å²) in [6, 6.07) is -1.13. The summed E-state index contributed by atoms with van der Waals surface area (Å²) < 4.78 is 0. The molecule has 0 bridgehead atoms. The number of halogens is 2. The first-order chi connectivity index (χ1) is 11.4. The highest BCUT2D eigenvalue weighted by atomic mass is 35.5. The van der Waals surface area contributed by atoms with Crippen LogP contribution in [0.5, 0.6) is 0 Å². The van der Waals surface area contributed by atoms with Crippen LogP contribution in [0.4, 0.5) is 0 Å². The van der Waals surface area contributed by atoms with Gasteiger partial charge in [-0.15, -0.1) is 24.8 Å². The standard InChI is InChI=1S/C15H30BN3O6.2ClH/c1-14(2,23)11(17)12(20)19-8-10-4-3-9(5-6-16(24)25)7-15(10,18)13(21)22;;/h9-11,23-25H,3-8,17-18H2,1-2H3,(H,19,20)(H,21,22);2*1H/t9-,10-,11+,15+;;/m0../s1. The van der Waals surface area contributed by atoms with Crippen LogP contribution in [0.1, 0.15) is 39.5 Å². The van der Waals surface area contributed by atoms with Gasteiger partial charge in [0.25, 0.3) is 0 Å². The molecule has 0 saturated heterocycles. The van der Waals surface area contributed by atoms with Gasteiger partial charge in [-0.1, -0.05) is 6.42 Å². The van der Waals surface area contributed by atoms with E-state index < -0.39 is 42.1 Å². The molecule has 1 fully saturated rings. The van der Waals surface area contributed by atoms with E-state index in [9.17, 15) is 19.8 Å². The number of nitrogens with one attached hydrogen (secondary N) is 1. The molecular formula is C15H32BCl2N3O6. The molecule has 27 heavy (non-hydrogen) atoms. The fraction of sp³-hybridized carbons (Fsp3) is 0.867. The van der Waals surface area contributed by atoms with Gasteiger partial charge in [0.15, 0.2) is 0 Å². The average Bonchev–Trinajstić information content (AvgIpc) is 2.49. The number of carboxylic acid groups (broad SMARTS) is 1. The molecular weight excluding hydrogens is 400 g/mol. The highest BCUT2D eigenvalue weighted by molar-refractivity contribution is 6.40. The molecule has 0 radical (unpaired) electrons. The molecule has 0 aromatic heterocycles. The van der Waals surface area contributed by atoms with E-state index in [1.165, 1.54) is 13.8 Å². The van der Waals surface area contributed by atoms with Crippen molar-refractivity contribution < 1.29 is 29.9 Å². The third kappa shape index (κ3) is 8.11. The topological polar surface area (TPSA) is 179 Å². The number of aliphatic hydroxyl groups is 1. The van der Waals surface area contributed by atoms with E-state index in [-0.39, 0.29) is 50.0 Å². The maximum absolute atomic E-state index is 12.0. The summed E-state index contributed by atoms with van der Waals surface area (Å²) in [4.78, 5) is 23.7. The first kappa shape index (κ1) is 28.6. The Labute approximate surface area is 172 Å². The number of carboxylic acids is 1. The predicted octanol–water partition coefficient (Wildman–Crippen LogP) is -0.894. The normalized spacial score (nSPS) is 26.2. The number of rotatable bonds is 8. The molecule has 9 nitrogen and oxygen atoms in total. The Bertz CT molecular complexity index is 495. The molecule has 1 saturated carbocycles. The Kier molecular flexibility index (Phi) is 12.1. The number of hydrogen-bond acceptors (Lipinski definition) is 7. The highest BCUT2D eigenvalue weighted by Crippen LogP contribution is 2.38. The molecule has 0 aromatic rings. The van der Waals surface area contributed by atoms with Crippen LogP contribution in [0.25, 0.3) is 0 Å². The van der Waals surface area contributed by atoms with Gasteiger partial charge in [0.2, 0.25) is 5.91 Å². The summed E-state index contributed by atoms with van der Waals surface area (Å²) >= 11 is 0. The van der Waals surface area contributed by atoms with Gasteiger partial charge >= 0.3 is 13.1 Å². The highest BCUT2D eigenvalue weighted by Gasteiger charge is 2.47. The number of hydrogen-bond donors (Lipinski definition) is 7. The second-order valence-electron chi connectivity index (χ2n) is 7.62. The minimum absolute atomic E-state index is 0. The fourth-order valence-corrected chi connectivity index (χ4v) is 3.27. The van der Waals surface area contributed by atoms with Crippen molar-refractivity contribution in [2.75, 3.05) is 6.54 Å². The lowest BCUT2D eigenvalue weighted by Crippen LogP contribution is -2.61. The molecule has 0 spiro atoms.